The smallest absolute Gasteiger partial charge is 0.202 e. The Hall–Kier alpha value is -2.37. The van der Waals surface area contributed by atoms with E-state index in [0.29, 0.717) is 0 Å². The van der Waals surface area contributed by atoms with Crippen LogP contribution in [-0.2, 0) is 14.3 Å². The summed E-state index contributed by atoms with van der Waals surface area (Å²) in [6, 6.07) is 15.5. The third-order valence-electron chi connectivity index (χ3n) is 6.09. The number of methoxy groups -OCH3 is 2. The summed E-state index contributed by atoms with van der Waals surface area (Å²) in [7, 11) is 3.28. The van der Waals surface area contributed by atoms with Gasteiger partial charge in [0.2, 0.25) is 5.78 Å². The SMILES string of the molecule is COc1ccc([C@H]2OC23CCCC2(O[C@H]2c2ccc(OC)cc2)C3=O)cc1. The fraction of sp³-hybridized carbons (Fsp3) is 0.409. The van der Waals surface area contributed by atoms with Crippen molar-refractivity contribution in [3.63, 3.8) is 0 Å². The summed E-state index contributed by atoms with van der Waals surface area (Å²) in [5, 5.41) is 0. The molecule has 0 bridgehead atoms. The van der Waals surface area contributed by atoms with Gasteiger partial charge in [0.1, 0.15) is 23.7 Å². The number of benzene rings is 2. The Morgan fingerprint density at radius 2 is 1.19 bits per heavy atom. The lowest BCUT2D eigenvalue weighted by Gasteiger charge is -2.24. The maximum Gasteiger partial charge on any atom is 0.202 e. The van der Waals surface area contributed by atoms with Crippen molar-refractivity contribution < 1.29 is 23.7 Å². The lowest BCUT2D eigenvalue weighted by Crippen LogP contribution is -2.43. The van der Waals surface area contributed by atoms with Crippen molar-refractivity contribution in [3.8, 4) is 11.5 Å². The van der Waals surface area contributed by atoms with E-state index in [1.54, 1.807) is 14.2 Å². The molecule has 2 aromatic rings. The Labute approximate surface area is 158 Å². The Morgan fingerprint density at radius 1 is 0.778 bits per heavy atom. The van der Waals surface area contributed by atoms with Gasteiger partial charge in [-0.2, -0.15) is 0 Å². The zero-order chi connectivity index (χ0) is 18.6. The highest BCUT2D eigenvalue weighted by atomic mass is 16.6. The van der Waals surface area contributed by atoms with Crippen molar-refractivity contribution in [1.82, 2.24) is 0 Å². The predicted molar refractivity (Wildman–Crippen MR) is 98.0 cm³/mol. The predicted octanol–water partition coefficient (Wildman–Crippen LogP) is 3.78. The van der Waals surface area contributed by atoms with E-state index >= 15 is 0 Å². The number of Topliss-reactive ketones (excluding diaryl/α,β-unsaturated/α-hetero) is 1. The molecular weight excluding hydrogens is 344 g/mol. The molecule has 0 aromatic heterocycles. The summed E-state index contributed by atoms with van der Waals surface area (Å²) in [6.45, 7) is 0. The number of rotatable bonds is 4. The topological polar surface area (TPSA) is 60.6 Å². The van der Waals surface area contributed by atoms with Crippen LogP contribution in [0.15, 0.2) is 48.5 Å². The average molecular weight is 366 g/mol. The van der Waals surface area contributed by atoms with Crippen molar-refractivity contribution in [2.24, 2.45) is 0 Å². The molecule has 3 fully saturated rings. The fourth-order valence-electron chi connectivity index (χ4n) is 4.51. The van der Waals surface area contributed by atoms with Gasteiger partial charge in [-0.05, 0) is 54.7 Å². The Morgan fingerprint density at radius 3 is 1.56 bits per heavy atom. The molecule has 2 aromatic carbocycles. The van der Waals surface area contributed by atoms with Crippen LogP contribution in [0, 0.1) is 0 Å². The van der Waals surface area contributed by atoms with E-state index < -0.39 is 11.2 Å². The lowest BCUT2D eigenvalue weighted by atomic mass is 9.74. The van der Waals surface area contributed by atoms with Crippen LogP contribution in [-0.4, -0.2) is 31.2 Å². The van der Waals surface area contributed by atoms with Gasteiger partial charge in [-0.1, -0.05) is 24.3 Å². The van der Waals surface area contributed by atoms with Gasteiger partial charge in [-0.25, -0.2) is 0 Å². The molecule has 2 spiro atoms. The highest BCUT2D eigenvalue weighted by Crippen LogP contribution is 2.65. The normalized spacial score (nSPS) is 33.9. The first-order valence-corrected chi connectivity index (χ1v) is 9.31. The Bertz CT molecular complexity index is 803. The molecule has 0 radical (unpaired) electrons. The van der Waals surface area contributed by atoms with Crippen LogP contribution in [0.4, 0.5) is 0 Å². The van der Waals surface area contributed by atoms with Crippen molar-refractivity contribution in [2.45, 2.75) is 42.7 Å². The molecule has 3 aliphatic rings. The van der Waals surface area contributed by atoms with Gasteiger partial charge in [0.15, 0.2) is 11.2 Å². The van der Waals surface area contributed by atoms with Crippen molar-refractivity contribution in [2.75, 3.05) is 14.2 Å². The second-order valence-electron chi connectivity index (χ2n) is 7.50. The van der Waals surface area contributed by atoms with Gasteiger partial charge >= 0.3 is 0 Å². The van der Waals surface area contributed by atoms with Gasteiger partial charge in [0.25, 0.3) is 0 Å². The Balaban J connectivity index is 1.37. The molecular formula is C22H22O5. The third kappa shape index (κ3) is 2.42. The number of carbonyl (C=O) groups is 1. The lowest BCUT2D eigenvalue weighted by molar-refractivity contribution is -0.132. The highest BCUT2D eigenvalue weighted by Gasteiger charge is 2.76. The fourth-order valence-corrected chi connectivity index (χ4v) is 4.51. The summed E-state index contributed by atoms with van der Waals surface area (Å²) in [5.74, 6) is 1.69. The maximum atomic E-state index is 13.4. The number of carbonyl (C=O) groups excluding carboxylic acids is 1. The van der Waals surface area contributed by atoms with E-state index in [1.165, 1.54) is 0 Å². The summed E-state index contributed by atoms with van der Waals surface area (Å²) in [4.78, 5) is 13.4. The molecule has 2 heterocycles. The second kappa shape index (κ2) is 5.81. The molecule has 2 aliphatic heterocycles. The zero-order valence-electron chi connectivity index (χ0n) is 15.4. The largest absolute Gasteiger partial charge is 0.497 e. The molecule has 0 N–H and O–H groups in total. The first kappa shape index (κ1) is 16.8. The molecule has 140 valence electrons. The number of epoxide rings is 2. The number of ether oxygens (including phenoxy) is 4. The number of ketones is 1. The van der Waals surface area contributed by atoms with Gasteiger partial charge in [-0.3, -0.25) is 4.79 Å². The van der Waals surface area contributed by atoms with Crippen LogP contribution in [0.1, 0.15) is 42.6 Å². The van der Waals surface area contributed by atoms with Crippen molar-refractivity contribution >= 4 is 5.78 Å². The summed E-state index contributed by atoms with van der Waals surface area (Å²) < 4.78 is 22.5. The second-order valence-corrected chi connectivity index (χ2v) is 7.50. The van der Waals surface area contributed by atoms with E-state index in [4.69, 9.17) is 18.9 Å². The molecule has 5 rings (SSSR count). The van der Waals surface area contributed by atoms with Crippen LogP contribution < -0.4 is 9.47 Å². The molecule has 4 atom stereocenters. The van der Waals surface area contributed by atoms with Crippen LogP contribution in [0.5, 0.6) is 11.5 Å². The van der Waals surface area contributed by atoms with E-state index in [9.17, 15) is 4.79 Å². The number of hydrogen-bond donors (Lipinski definition) is 0. The molecule has 27 heavy (non-hydrogen) atoms. The van der Waals surface area contributed by atoms with E-state index in [-0.39, 0.29) is 18.0 Å². The van der Waals surface area contributed by atoms with Gasteiger partial charge < -0.3 is 18.9 Å². The standard InChI is InChI=1S/C22H22O5/c1-24-16-8-4-14(5-9-16)18-21(26-18)12-3-13-22(20(21)23)19(27-22)15-6-10-17(25-2)11-7-15/h4-11,18-19H,3,12-13H2,1-2H3/t18-,19+,21?,22?. The van der Waals surface area contributed by atoms with E-state index in [2.05, 4.69) is 0 Å². The first-order chi connectivity index (χ1) is 13.1. The number of hydrogen-bond acceptors (Lipinski definition) is 5. The maximum absolute atomic E-state index is 13.4. The average Bonchev–Trinajstić information content (AvgIpc) is 3.62. The molecule has 2 saturated heterocycles. The van der Waals surface area contributed by atoms with Crippen LogP contribution >= 0.6 is 0 Å². The van der Waals surface area contributed by atoms with Crippen LogP contribution in [0.25, 0.3) is 0 Å². The summed E-state index contributed by atoms with van der Waals surface area (Å²) >= 11 is 0. The quantitative estimate of drug-likeness (QED) is 0.771. The van der Waals surface area contributed by atoms with Crippen LogP contribution in [0.3, 0.4) is 0 Å². The molecule has 5 nitrogen and oxygen atoms in total. The Kier molecular flexibility index (Phi) is 3.61. The van der Waals surface area contributed by atoms with E-state index in [1.807, 2.05) is 48.5 Å². The van der Waals surface area contributed by atoms with Gasteiger partial charge in [0.05, 0.1) is 14.2 Å². The summed E-state index contributed by atoms with van der Waals surface area (Å²) in [6.07, 6.45) is 2.05. The highest BCUT2D eigenvalue weighted by molar-refractivity contribution is 6.01. The summed E-state index contributed by atoms with van der Waals surface area (Å²) in [5.41, 5.74) is 0.577. The van der Waals surface area contributed by atoms with Gasteiger partial charge in [0, 0.05) is 0 Å². The van der Waals surface area contributed by atoms with E-state index in [0.717, 1.165) is 41.9 Å². The van der Waals surface area contributed by atoms with Crippen molar-refractivity contribution in [3.05, 3.63) is 59.7 Å². The first-order valence-electron chi connectivity index (χ1n) is 9.31. The molecule has 0 amide bonds. The molecule has 1 aliphatic carbocycles. The monoisotopic (exact) mass is 366 g/mol. The zero-order valence-corrected chi connectivity index (χ0v) is 15.4. The van der Waals surface area contributed by atoms with Gasteiger partial charge in [-0.15, -0.1) is 0 Å². The third-order valence-corrected chi connectivity index (χ3v) is 6.09. The molecule has 2 unspecified atom stereocenters. The minimum absolute atomic E-state index is 0.0999. The van der Waals surface area contributed by atoms with Crippen molar-refractivity contribution in [1.29, 1.82) is 0 Å². The molecule has 5 heteroatoms. The minimum atomic E-state index is -0.728. The van der Waals surface area contributed by atoms with Crippen LogP contribution in [0.2, 0.25) is 0 Å². The minimum Gasteiger partial charge on any atom is -0.497 e. The molecule has 1 saturated carbocycles.